The summed E-state index contributed by atoms with van der Waals surface area (Å²) >= 11 is 0. The number of carbonyl (C=O) groups is 2. The molecule has 0 bridgehead atoms. The predicted octanol–water partition coefficient (Wildman–Crippen LogP) is 2.60. The van der Waals surface area contributed by atoms with Gasteiger partial charge in [-0.15, -0.1) is 0 Å². The van der Waals surface area contributed by atoms with E-state index in [0.717, 1.165) is 24.5 Å². The molecule has 0 aromatic heterocycles. The van der Waals surface area contributed by atoms with E-state index >= 15 is 0 Å². The average Bonchev–Trinajstić information content (AvgIpc) is 3.48. The molecular weight excluding hydrogens is 394 g/mol. The van der Waals surface area contributed by atoms with Crippen LogP contribution < -0.4 is 24.6 Å². The average molecular weight is 421 g/mol. The molecule has 7 heteroatoms. The van der Waals surface area contributed by atoms with E-state index in [0.29, 0.717) is 25.4 Å². The summed E-state index contributed by atoms with van der Waals surface area (Å²) in [6.07, 6.45) is 2.44. The van der Waals surface area contributed by atoms with Crippen LogP contribution in [0.25, 0.3) is 0 Å². The molecule has 3 aliphatic rings. The summed E-state index contributed by atoms with van der Waals surface area (Å²) in [5.41, 5.74) is 2.04. The summed E-state index contributed by atoms with van der Waals surface area (Å²) in [5.74, 6) is 0.917. The number of para-hydroxylation sites is 2. The fourth-order valence-electron chi connectivity index (χ4n) is 4.47. The first-order valence-corrected chi connectivity index (χ1v) is 11.0. The number of carbonyl (C=O) groups excluding carboxylic acids is 2. The predicted molar refractivity (Wildman–Crippen MR) is 118 cm³/mol. The summed E-state index contributed by atoms with van der Waals surface area (Å²) < 4.78 is 11.6. The molecule has 162 valence electrons. The number of anilines is 2. The summed E-state index contributed by atoms with van der Waals surface area (Å²) in [7, 11) is 0. The first kappa shape index (κ1) is 19.7. The summed E-state index contributed by atoms with van der Waals surface area (Å²) in [6.45, 7) is 3.31. The Morgan fingerprint density at radius 1 is 1.00 bits per heavy atom. The van der Waals surface area contributed by atoms with Gasteiger partial charge in [-0.3, -0.25) is 9.59 Å². The van der Waals surface area contributed by atoms with Gasteiger partial charge in [0, 0.05) is 37.4 Å². The Morgan fingerprint density at radius 3 is 2.48 bits per heavy atom. The van der Waals surface area contributed by atoms with E-state index in [2.05, 4.69) is 22.3 Å². The number of nitrogens with zero attached hydrogens (tertiary/aromatic N) is 2. The number of hydrogen-bond donors (Lipinski definition) is 1. The van der Waals surface area contributed by atoms with Crippen molar-refractivity contribution in [2.24, 2.45) is 5.92 Å². The molecule has 31 heavy (non-hydrogen) atoms. The maximum absolute atomic E-state index is 12.7. The van der Waals surface area contributed by atoms with Gasteiger partial charge in [-0.05, 0) is 49.2 Å². The number of benzene rings is 2. The molecule has 2 unspecified atom stereocenters. The lowest BCUT2D eigenvalue weighted by Crippen LogP contribution is -2.43. The molecule has 2 saturated heterocycles. The SMILES string of the molecule is O=C(NCC1COc2ccccc2O1)C1CC(=O)N(c2ccc(N3CCCC3)cc2)C1. The van der Waals surface area contributed by atoms with Crippen LogP contribution in [0.5, 0.6) is 11.5 Å². The monoisotopic (exact) mass is 421 g/mol. The van der Waals surface area contributed by atoms with Crippen LogP contribution >= 0.6 is 0 Å². The number of ether oxygens (including phenoxy) is 2. The van der Waals surface area contributed by atoms with Crippen molar-refractivity contribution < 1.29 is 19.1 Å². The lowest BCUT2D eigenvalue weighted by Gasteiger charge is -2.26. The van der Waals surface area contributed by atoms with Crippen molar-refractivity contribution in [3.63, 3.8) is 0 Å². The van der Waals surface area contributed by atoms with Crippen molar-refractivity contribution in [1.29, 1.82) is 0 Å². The Morgan fingerprint density at radius 2 is 1.71 bits per heavy atom. The molecule has 0 spiro atoms. The minimum absolute atomic E-state index is 0.0137. The maximum atomic E-state index is 12.7. The van der Waals surface area contributed by atoms with Gasteiger partial charge in [-0.1, -0.05) is 12.1 Å². The lowest BCUT2D eigenvalue weighted by molar-refractivity contribution is -0.126. The molecule has 7 nitrogen and oxygen atoms in total. The molecular formula is C24H27N3O4. The van der Waals surface area contributed by atoms with Crippen molar-refractivity contribution in [2.45, 2.75) is 25.4 Å². The third-order valence-electron chi connectivity index (χ3n) is 6.20. The number of fused-ring (bicyclic) bond motifs is 1. The van der Waals surface area contributed by atoms with Crippen LogP contribution in [0, 0.1) is 5.92 Å². The Kier molecular flexibility index (Phi) is 5.40. The molecule has 2 atom stereocenters. The molecule has 0 radical (unpaired) electrons. The Labute approximate surface area is 181 Å². The zero-order valence-corrected chi connectivity index (χ0v) is 17.5. The molecule has 2 fully saturated rings. The van der Waals surface area contributed by atoms with Crippen LogP contribution in [0.1, 0.15) is 19.3 Å². The van der Waals surface area contributed by atoms with Crippen LogP contribution in [0.2, 0.25) is 0 Å². The van der Waals surface area contributed by atoms with Gasteiger partial charge in [-0.2, -0.15) is 0 Å². The molecule has 1 N–H and O–H groups in total. The molecule has 3 heterocycles. The van der Waals surface area contributed by atoms with Gasteiger partial charge in [0.25, 0.3) is 0 Å². The van der Waals surface area contributed by atoms with E-state index in [9.17, 15) is 9.59 Å². The van der Waals surface area contributed by atoms with Gasteiger partial charge in [0.1, 0.15) is 12.7 Å². The highest BCUT2D eigenvalue weighted by Gasteiger charge is 2.35. The quantitative estimate of drug-likeness (QED) is 0.804. The van der Waals surface area contributed by atoms with Gasteiger partial charge in [0.15, 0.2) is 11.5 Å². The number of amides is 2. The number of nitrogens with one attached hydrogen (secondary N) is 1. The second-order valence-electron chi connectivity index (χ2n) is 8.36. The van der Waals surface area contributed by atoms with Gasteiger partial charge < -0.3 is 24.6 Å². The van der Waals surface area contributed by atoms with Crippen molar-refractivity contribution in [2.75, 3.05) is 42.6 Å². The van der Waals surface area contributed by atoms with E-state index in [1.54, 1.807) is 4.90 Å². The van der Waals surface area contributed by atoms with Gasteiger partial charge >= 0.3 is 0 Å². The van der Waals surface area contributed by atoms with Crippen LogP contribution in [0.4, 0.5) is 11.4 Å². The Hall–Kier alpha value is -3.22. The van der Waals surface area contributed by atoms with Crippen molar-refractivity contribution in [3.05, 3.63) is 48.5 Å². The fraction of sp³-hybridized carbons (Fsp3) is 0.417. The zero-order chi connectivity index (χ0) is 21.2. The molecule has 0 aliphatic carbocycles. The third kappa shape index (κ3) is 4.17. The van der Waals surface area contributed by atoms with E-state index < -0.39 is 0 Å². The van der Waals surface area contributed by atoms with Crippen molar-refractivity contribution in [3.8, 4) is 11.5 Å². The van der Waals surface area contributed by atoms with Gasteiger partial charge in [-0.25, -0.2) is 0 Å². The lowest BCUT2D eigenvalue weighted by atomic mass is 10.1. The van der Waals surface area contributed by atoms with Crippen LogP contribution in [0.3, 0.4) is 0 Å². The summed E-state index contributed by atoms with van der Waals surface area (Å²) in [4.78, 5) is 29.3. The van der Waals surface area contributed by atoms with E-state index in [1.165, 1.54) is 18.5 Å². The smallest absolute Gasteiger partial charge is 0.227 e. The number of hydrogen-bond acceptors (Lipinski definition) is 5. The van der Waals surface area contributed by atoms with Crippen molar-refractivity contribution >= 4 is 23.2 Å². The van der Waals surface area contributed by atoms with Gasteiger partial charge in [0.05, 0.1) is 12.5 Å². The highest BCUT2D eigenvalue weighted by Crippen LogP contribution is 2.31. The zero-order valence-electron chi connectivity index (χ0n) is 17.5. The molecule has 5 rings (SSSR count). The highest BCUT2D eigenvalue weighted by atomic mass is 16.6. The fourth-order valence-corrected chi connectivity index (χ4v) is 4.47. The summed E-state index contributed by atoms with van der Waals surface area (Å²) in [5, 5.41) is 2.93. The molecule has 3 aliphatic heterocycles. The molecule has 2 amide bonds. The van der Waals surface area contributed by atoms with E-state index in [4.69, 9.17) is 9.47 Å². The third-order valence-corrected chi connectivity index (χ3v) is 6.20. The van der Waals surface area contributed by atoms with E-state index in [-0.39, 0.29) is 30.3 Å². The standard InChI is InChI=1S/C24H27N3O4/c28-23-13-17(15-27(23)19-9-7-18(8-10-19)26-11-3-4-12-26)24(29)25-14-20-16-30-21-5-1-2-6-22(21)31-20/h1-2,5-10,17,20H,3-4,11-16H2,(H,25,29). The second kappa shape index (κ2) is 8.49. The topological polar surface area (TPSA) is 71.1 Å². The van der Waals surface area contributed by atoms with Crippen LogP contribution in [-0.4, -0.2) is 50.7 Å². The highest BCUT2D eigenvalue weighted by molar-refractivity contribution is 6.00. The van der Waals surface area contributed by atoms with Gasteiger partial charge in [0.2, 0.25) is 11.8 Å². The van der Waals surface area contributed by atoms with Crippen LogP contribution in [0.15, 0.2) is 48.5 Å². The summed E-state index contributed by atoms with van der Waals surface area (Å²) in [6, 6.07) is 15.6. The number of rotatable bonds is 5. The minimum Gasteiger partial charge on any atom is -0.486 e. The van der Waals surface area contributed by atoms with E-state index in [1.807, 2.05) is 36.4 Å². The molecule has 0 saturated carbocycles. The van der Waals surface area contributed by atoms with Crippen molar-refractivity contribution in [1.82, 2.24) is 5.32 Å². The Bertz CT molecular complexity index is 956. The van der Waals surface area contributed by atoms with Crippen LogP contribution in [-0.2, 0) is 9.59 Å². The first-order chi connectivity index (χ1) is 15.2. The molecule has 2 aromatic rings. The normalized spacial score (nSPS) is 22.6. The first-order valence-electron chi connectivity index (χ1n) is 11.0. The second-order valence-corrected chi connectivity index (χ2v) is 8.36. The maximum Gasteiger partial charge on any atom is 0.227 e. The minimum atomic E-state index is -0.359. The largest absolute Gasteiger partial charge is 0.486 e. The molecule has 2 aromatic carbocycles. The Balaban J connectivity index is 1.15.